The summed E-state index contributed by atoms with van der Waals surface area (Å²) in [6.07, 6.45) is 7.70. The van der Waals surface area contributed by atoms with Gasteiger partial charge in [0.05, 0.1) is 0 Å². The Morgan fingerprint density at radius 1 is 1.30 bits per heavy atom. The monoisotopic (exact) mass is 384 g/mol. The summed E-state index contributed by atoms with van der Waals surface area (Å²) in [7, 11) is 0. The molecule has 2 aromatic rings. The van der Waals surface area contributed by atoms with Gasteiger partial charge in [-0.1, -0.05) is 31.1 Å². The summed E-state index contributed by atoms with van der Waals surface area (Å²) in [5.41, 5.74) is 12.2. The number of hydrazine groups is 1. The normalized spacial score (nSPS) is 14.4. The second kappa shape index (κ2) is 9.35. The molecule has 0 saturated heterocycles. The van der Waals surface area contributed by atoms with E-state index >= 15 is 0 Å². The highest BCUT2D eigenvalue weighted by atomic mass is 32.1. The zero-order valence-corrected chi connectivity index (χ0v) is 15.9. The summed E-state index contributed by atoms with van der Waals surface area (Å²) in [6, 6.07) is 7.79. The van der Waals surface area contributed by atoms with E-state index in [-0.39, 0.29) is 17.5 Å². The molecule has 0 bridgehead atoms. The number of aromatic nitrogens is 2. The highest BCUT2D eigenvalue weighted by Crippen LogP contribution is 2.25. The molecular weight excluding hydrogens is 360 g/mol. The Balaban J connectivity index is 1.60. The molecule has 142 valence electrons. The van der Waals surface area contributed by atoms with Crippen molar-refractivity contribution < 1.29 is 4.42 Å². The van der Waals surface area contributed by atoms with Crippen molar-refractivity contribution >= 4 is 18.2 Å². The van der Waals surface area contributed by atoms with Crippen LogP contribution in [0.4, 0.5) is 0 Å². The van der Waals surface area contributed by atoms with E-state index in [0.29, 0.717) is 5.89 Å². The van der Waals surface area contributed by atoms with E-state index in [4.69, 9.17) is 27.8 Å². The lowest BCUT2D eigenvalue weighted by atomic mass is 9.87. The molecule has 5 N–H and O–H groups in total. The van der Waals surface area contributed by atoms with Crippen molar-refractivity contribution in [3.63, 3.8) is 0 Å². The van der Waals surface area contributed by atoms with E-state index < -0.39 is 0 Å². The van der Waals surface area contributed by atoms with Crippen LogP contribution in [0.15, 0.2) is 28.7 Å². The van der Waals surface area contributed by atoms with Crippen LogP contribution >= 0.6 is 12.2 Å². The molecule has 8 heteroatoms. The quantitative estimate of drug-likeness (QED) is 0.208. The Morgan fingerprint density at radius 3 is 2.74 bits per heavy atom. The predicted octanol–water partition coefficient (Wildman–Crippen LogP) is 3.14. The number of benzene rings is 1. The summed E-state index contributed by atoms with van der Waals surface area (Å²) in [6.45, 7) is 0.229. The first kappa shape index (κ1) is 19.1. The molecule has 0 spiro atoms. The van der Waals surface area contributed by atoms with Crippen molar-refractivity contribution in [2.45, 2.75) is 45.2 Å². The van der Waals surface area contributed by atoms with Crippen molar-refractivity contribution in [3.8, 4) is 23.3 Å². The number of guanidine groups is 1. The predicted molar refractivity (Wildman–Crippen MR) is 107 cm³/mol. The minimum absolute atomic E-state index is 0.189. The van der Waals surface area contributed by atoms with E-state index in [9.17, 15) is 0 Å². The van der Waals surface area contributed by atoms with Gasteiger partial charge in [-0.15, -0.1) is 5.10 Å². The van der Waals surface area contributed by atoms with Crippen LogP contribution < -0.4 is 16.6 Å². The van der Waals surface area contributed by atoms with Gasteiger partial charge in [-0.25, -0.2) is 10.1 Å². The Labute approximate surface area is 163 Å². The van der Waals surface area contributed by atoms with Gasteiger partial charge < -0.3 is 10.2 Å². The Hall–Kier alpha value is -2.63. The van der Waals surface area contributed by atoms with Crippen molar-refractivity contribution in [2.75, 3.05) is 0 Å². The summed E-state index contributed by atoms with van der Waals surface area (Å²) in [5, 5.41) is 11.4. The number of nitrogens with zero attached hydrogens (tertiary/aromatic N) is 2. The zero-order chi connectivity index (χ0) is 19.1. The maximum atomic E-state index is 7.09. The Kier molecular flexibility index (Phi) is 6.63. The topological polar surface area (TPSA) is 105 Å². The van der Waals surface area contributed by atoms with Gasteiger partial charge in [0, 0.05) is 17.5 Å². The van der Waals surface area contributed by atoms with Crippen LogP contribution in [-0.4, -0.2) is 15.7 Å². The maximum absolute atomic E-state index is 7.09. The molecule has 1 saturated carbocycles. The SMILES string of the molecule is N=C(N)NNCn1nc(-c2ccc(C#CCC3CCCCC3)cc2)oc1=S. The Morgan fingerprint density at radius 2 is 2.04 bits per heavy atom. The number of hydrogen-bond donors (Lipinski definition) is 4. The second-order valence-electron chi connectivity index (χ2n) is 6.63. The molecule has 1 fully saturated rings. The molecule has 0 amide bonds. The number of hydrogen-bond acceptors (Lipinski definition) is 5. The van der Waals surface area contributed by atoms with Gasteiger partial charge in [-0.2, -0.15) is 0 Å². The standard InChI is InChI=1S/C19H24N6OS/c20-18(21)23-22-13-25-19(27)26-17(24-25)16-11-9-15(10-12-16)8-4-7-14-5-2-1-3-6-14/h9-12,14,22H,1-3,5-7,13H2,(H4,20,21,23). The molecule has 7 nitrogen and oxygen atoms in total. The molecule has 1 aliphatic carbocycles. The largest absolute Gasteiger partial charge is 0.409 e. The van der Waals surface area contributed by atoms with Crippen molar-refractivity contribution in [1.29, 1.82) is 5.41 Å². The number of nitrogens with two attached hydrogens (primary N) is 1. The van der Waals surface area contributed by atoms with E-state index in [2.05, 4.69) is 27.8 Å². The molecule has 0 aliphatic heterocycles. The van der Waals surface area contributed by atoms with Gasteiger partial charge in [0.2, 0.25) is 5.89 Å². The van der Waals surface area contributed by atoms with Crippen LogP contribution in [0.3, 0.4) is 0 Å². The van der Waals surface area contributed by atoms with Crippen molar-refractivity contribution in [3.05, 3.63) is 34.7 Å². The summed E-state index contributed by atoms with van der Waals surface area (Å²) >= 11 is 5.16. The third-order valence-corrected chi connectivity index (χ3v) is 4.83. The van der Waals surface area contributed by atoms with Crippen molar-refractivity contribution in [1.82, 2.24) is 20.6 Å². The summed E-state index contributed by atoms with van der Waals surface area (Å²) < 4.78 is 7.01. The van der Waals surface area contributed by atoms with Crippen LogP contribution in [-0.2, 0) is 6.67 Å². The highest BCUT2D eigenvalue weighted by molar-refractivity contribution is 7.71. The molecule has 1 heterocycles. The molecular formula is C19H24N6OS. The molecule has 0 radical (unpaired) electrons. The molecule has 0 atom stereocenters. The lowest BCUT2D eigenvalue weighted by Gasteiger charge is -2.18. The van der Waals surface area contributed by atoms with E-state index in [1.165, 1.54) is 36.8 Å². The lowest BCUT2D eigenvalue weighted by molar-refractivity contribution is 0.365. The Bertz CT molecular complexity index is 883. The summed E-state index contributed by atoms with van der Waals surface area (Å²) in [4.78, 5) is 0.235. The van der Waals surface area contributed by atoms with Crippen LogP contribution in [0.1, 0.15) is 44.1 Å². The fraction of sp³-hybridized carbons (Fsp3) is 0.421. The van der Waals surface area contributed by atoms with Crippen LogP contribution in [0, 0.1) is 28.0 Å². The van der Waals surface area contributed by atoms with Crippen LogP contribution in [0.25, 0.3) is 11.5 Å². The average Bonchev–Trinajstić information content (AvgIpc) is 3.04. The first-order valence-corrected chi connectivity index (χ1v) is 9.53. The van der Waals surface area contributed by atoms with Crippen molar-refractivity contribution in [2.24, 2.45) is 11.7 Å². The van der Waals surface area contributed by atoms with E-state index in [0.717, 1.165) is 23.5 Å². The maximum Gasteiger partial charge on any atom is 0.288 e. The molecule has 1 aromatic carbocycles. The smallest absolute Gasteiger partial charge is 0.288 e. The average molecular weight is 385 g/mol. The minimum atomic E-state index is -0.189. The van der Waals surface area contributed by atoms with Gasteiger partial charge in [0.25, 0.3) is 4.84 Å². The molecule has 3 rings (SSSR count). The zero-order valence-electron chi connectivity index (χ0n) is 15.1. The van der Waals surface area contributed by atoms with Gasteiger partial charge in [-0.3, -0.25) is 10.8 Å². The van der Waals surface area contributed by atoms with E-state index in [1.54, 1.807) is 0 Å². The fourth-order valence-electron chi connectivity index (χ4n) is 3.12. The summed E-state index contributed by atoms with van der Waals surface area (Å²) in [5.74, 6) is 7.59. The number of rotatable bonds is 5. The first-order valence-electron chi connectivity index (χ1n) is 9.12. The third-order valence-electron chi connectivity index (χ3n) is 4.54. The molecule has 1 aromatic heterocycles. The first-order chi connectivity index (χ1) is 13.1. The van der Waals surface area contributed by atoms with Gasteiger partial charge in [-0.05, 0) is 55.2 Å². The minimum Gasteiger partial charge on any atom is -0.409 e. The molecule has 0 unspecified atom stereocenters. The molecule has 27 heavy (non-hydrogen) atoms. The number of nitrogens with one attached hydrogen (secondary N) is 3. The van der Waals surface area contributed by atoms with Gasteiger partial charge >= 0.3 is 0 Å². The third kappa shape index (κ3) is 5.67. The fourth-order valence-corrected chi connectivity index (χ4v) is 3.30. The molecule has 1 aliphatic rings. The van der Waals surface area contributed by atoms with Gasteiger partial charge in [0.15, 0.2) is 5.96 Å². The second-order valence-corrected chi connectivity index (χ2v) is 6.98. The van der Waals surface area contributed by atoms with E-state index in [1.807, 2.05) is 24.3 Å². The lowest BCUT2D eigenvalue weighted by Crippen LogP contribution is -2.42. The van der Waals surface area contributed by atoms with Crippen LogP contribution in [0.5, 0.6) is 0 Å². The van der Waals surface area contributed by atoms with Gasteiger partial charge in [0.1, 0.15) is 6.67 Å². The highest BCUT2D eigenvalue weighted by Gasteiger charge is 2.11. The van der Waals surface area contributed by atoms with Crippen LogP contribution in [0.2, 0.25) is 0 Å².